The Bertz CT molecular complexity index is 1270. The zero-order valence-corrected chi connectivity index (χ0v) is 36.7. The van der Waals surface area contributed by atoms with Gasteiger partial charge in [-0.2, -0.15) is 0 Å². The molecule has 59 heavy (non-hydrogen) atoms. The number of rotatable bonds is 35. The molecule has 0 aliphatic heterocycles. The highest BCUT2D eigenvalue weighted by Gasteiger charge is 2.51. The molecule has 0 amide bonds. The molecule has 1 fully saturated rings. The summed E-state index contributed by atoms with van der Waals surface area (Å²) >= 11 is 0. The predicted molar refractivity (Wildman–Crippen MR) is 230 cm³/mol. The zero-order valence-electron chi connectivity index (χ0n) is 35.8. The van der Waals surface area contributed by atoms with Crippen molar-refractivity contribution in [3.05, 3.63) is 60.8 Å². The summed E-state index contributed by atoms with van der Waals surface area (Å²) in [6, 6.07) is 0. The molecular formula is C45H77O13P. The average molecular weight is 857 g/mol. The van der Waals surface area contributed by atoms with E-state index in [4.69, 9.17) is 18.5 Å². The quantitative estimate of drug-likeness (QED) is 0.0154. The fourth-order valence-corrected chi connectivity index (χ4v) is 7.25. The molecule has 8 atom stereocenters. The molecule has 6 N–H and O–H groups in total. The van der Waals surface area contributed by atoms with Gasteiger partial charge < -0.3 is 39.9 Å². The van der Waals surface area contributed by atoms with Crippen LogP contribution in [0.15, 0.2) is 60.8 Å². The topological polar surface area (TPSA) is 210 Å². The highest BCUT2D eigenvalue weighted by Crippen LogP contribution is 2.47. The van der Waals surface area contributed by atoms with Gasteiger partial charge in [-0.1, -0.05) is 158 Å². The Morgan fingerprint density at radius 2 is 0.949 bits per heavy atom. The van der Waals surface area contributed by atoms with Crippen LogP contribution in [0, 0.1) is 0 Å². The fourth-order valence-electron chi connectivity index (χ4n) is 6.28. The van der Waals surface area contributed by atoms with Gasteiger partial charge in [0.05, 0.1) is 6.61 Å². The van der Waals surface area contributed by atoms with Gasteiger partial charge in [-0.3, -0.25) is 18.6 Å². The van der Waals surface area contributed by atoms with E-state index in [0.29, 0.717) is 19.3 Å². The number of unbranched alkanes of at least 4 members (excludes halogenated alkanes) is 13. The Labute approximate surface area is 353 Å². The van der Waals surface area contributed by atoms with Crippen LogP contribution in [0.25, 0.3) is 0 Å². The third-order valence-corrected chi connectivity index (χ3v) is 10.8. The van der Waals surface area contributed by atoms with E-state index in [0.717, 1.165) is 51.4 Å². The first-order valence-electron chi connectivity index (χ1n) is 22.1. The molecule has 340 valence electrons. The minimum Gasteiger partial charge on any atom is -0.462 e. The van der Waals surface area contributed by atoms with Crippen molar-refractivity contribution < 1.29 is 63.1 Å². The summed E-state index contributed by atoms with van der Waals surface area (Å²) in [5, 5.41) is 50.1. The first kappa shape index (κ1) is 54.6. The standard InChI is InChI=1S/C45H77O13P/c1-3-5-7-9-11-13-15-17-18-19-20-22-24-26-28-30-32-34-39(47)57-37(36-56-59(53,54)58-45-43(51)41(49)40(48)42(50)44(45)52)35-55-38(46)33-31-29-27-25-23-21-16-14-12-10-8-6-4-2/h7,9,13,15,18-19,22,24,28,30,37,40-45,48-52H,3-6,8,10-12,14,16-17,20-21,23,25-27,29,31-36H2,1-2H3,(H,53,54)/b9-7-,15-13-,19-18-,24-22-,30-28-/t37?,40?,41-,42+,43-,44-,45?/m1/s1. The molecule has 1 aliphatic carbocycles. The molecule has 0 saturated heterocycles. The molecule has 0 aromatic rings. The molecule has 0 spiro atoms. The number of carbonyl (C=O) groups excluding carboxylic acids is 2. The first-order valence-corrected chi connectivity index (χ1v) is 23.6. The highest BCUT2D eigenvalue weighted by molar-refractivity contribution is 7.47. The lowest BCUT2D eigenvalue weighted by Gasteiger charge is -2.41. The second-order valence-electron chi connectivity index (χ2n) is 15.2. The highest BCUT2D eigenvalue weighted by atomic mass is 31.2. The van der Waals surface area contributed by atoms with Gasteiger partial charge in [0.1, 0.15) is 43.2 Å². The molecule has 0 aromatic heterocycles. The molecule has 0 aromatic carbocycles. The molecule has 0 bridgehead atoms. The molecule has 0 heterocycles. The van der Waals surface area contributed by atoms with Gasteiger partial charge in [-0.25, -0.2) is 4.57 Å². The van der Waals surface area contributed by atoms with E-state index in [9.17, 15) is 44.6 Å². The van der Waals surface area contributed by atoms with Crippen LogP contribution in [0.1, 0.15) is 155 Å². The number of esters is 2. The van der Waals surface area contributed by atoms with Crippen LogP contribution in [0.3, 0.4) is 0 Å². The minimum absolute atomic E-state index is 0.0277. The number of hydrogen-bond acceptors (Lipinski definition) is 12. The Hall–Kier alpha value is -2.45. The van der Waals surface area contributed by atoms with E-state index < -0.39 is 75.7 Å². The lowest BCUT2D eigenvalue weighted by molar-refractivity contribution is -0.220. The second-order valence-corrected chi connectivity index (χ2v) is 16.6. The van der Waals surface area contributed by atoms with Gasteiger partial charge >= 0.3 is 19.8 Å². The summed E-state index contributed by atoms with van der Waals surface area (Å²) in [5.74, 6) is -1.20. The number of ether oxygens (including phenoxy) is 2. The van der Waals surface area contributed by atoms with E-state index in [1.807, 2.05) is 18.2 Å². The summed E-state index contributed by atoms with van der Waals surface area (Å²) in [7, 11) is -5.14. The van der Waals surface area contributed by atoms with Gasteiger partial charge in [0, 0.05) is 12.8 Å². The van der Waals surface area contributed by atoms with Crippen LogP contribution in [0.2, 0.25) is 0 Å². The van der Waals surface area contributed by atoms with E-state index >= 15 is 0 Å². The molecule has 1 aliphatic rings. The maximum absolute atomic E-state index is 12.8. The maximum Gasteiger partial charge on any atom is 0.472 e. The van der Waals surface area contributed by atoms with Crippen molar-refractivity contribution in [1.82, 2.24) is 0 Å². The summed E-state index contributed by atoms with van der Waals surface area (Å²) in [5.41, 5.74) is 0. The fraction of sp³-hybridized carbons (Fsp3) is 0.733. The average Bonchev–Trinajstić information content (AvgIpc) is 3.21. The molecule has 13 nitrogen and oxygen atoms in total. The number of aliphatic hydroxyl groups excluding tert-OH is 5. The van der Waals surface area contributed by atoms with E-state index in [1.165, 1.54) is 57.8 Å². The first-order chi connectivity index (χ1) is 28.4. The normalized spacial score (nSPS) is 22.9. The van der Waals surface area contributed by atoms with Crippen LogP contribution < -0.4 is 0 Å². The van der Waals surface area contributed by atoms with Crippen molar-refractivity contribution in [3.8, 4) is 0 Å². The summed E-state index contributed by atoms with van der Waals surface area (Å²) in [6.07, 6.45) is 28.6. The monoisotopic (exact) mass is 857 g/mol. The van der Waals surface area contributed by atoms with Crippen LogP contribution in [-0.4, -0.2) is 98.3 Å². The molecule has 14 heteroatoms. The summed E-state index contributed by atoms with van der Waals surface area (Å²) < 4.78 is 33.4. The van der Waals surface area contributed by atoms with Gasteiger partial charge in [-0.05, 0) is 44.9 Å². The Morgan fingerprint density at radius 1 is 0.525 bits per heavy atom. The molecule has 1 rings (SSSR count). The number of hydrogen-bond donors (Lipinski definition) is 6. The van der Waals surface area contributed by atoms with Crippen molar-refractivity contribution in [1.29, 1.82) is 0 Å². The lowest BCUT2D eigenvalue weighted by atomic mass is 9.85. The molecule has 0 radical (unpaired) electrons. The zero-order chi connectivity index (χ0) is 43.6. The number of phosphoric ester groups is 1. The molecule has 1 saturated carbocycles. The SMILES string of the molecule is CCC/C=C\C/C=C\C/C=C\C/C=C\C/C=C\CCC(=O)OC(COC(=O)CCCCCCCCCCCCCCC)COP(=O)(O)OC1[C@H](O)[C@H](O)C(O)[C@H](O)[C@H]1O. The third-order valence-electron chi connectivity index (χ3n) is 9.86. The predicted octanol–water partition coefficient (Wildman–Crippen LogP) is 8.16. The largest absolute Gasteiger partial charge is 0.472 e. The Kier molecular flexibility index (Phi) is 32.5. The van der Waals surface area contributed by atoms with Crippen molar-refractivity contribution in [2.75, 3.05) is 13.2 Å². The van der Waals surface area contributed by atoms with E-state index in [1.54, 1.807) is 0 Å². The molecular weight excluding hydrogens is 779 g/mol. The number of carbonyl (C=O) groups is 2. The number of allylic oxidation sites excluding steroid dienone is 10. The van der Waals surface area contributed by atoms with Crippen LogP contribution in [0.5, 0.6) is 0 Å². The van der Waals surface area contributed by atoms with Crippen molar-refractivity contribution in [3.63, 3.8) is 0 Å². The van der Waals surface area contributed by atoms with Crippen molar-refractivity contribution in [2.45, 2.75) is 198 Å². The maximum atomic E-state index is 12.8. The summed E-state index contributed by atoms with van der Waals surface area (Å²) in [6.45, 7) is 3.15. The Morgan fingerprint density at radius 3 is 1.42 bits per heavy atom. The second kappa shape index (κ2) is 35.2. The third kappa shape index (κ3) is 27.9. The smallest absolute Gasteiger partial charge is 0.462 e. The van der Waals surface area contributed by atoms with E-state index in [-0.39, 0.29) is 12.8 Å². The minimum atomic E-state index is -5.14. The van der Waals surface area contributed by atoms with Gasteiger partial charge in [0.2, 0.25) is 0 Å². The number of aliphatic hydroxyl groups is 5. The Balaban J connectivity index is 2.55. The van der Waals surface area contributed by atoms with Crippen LogP contribution in [-0.2, 0) is 32.7 Å². The van der Waals surface area contributed by atoms with Crippen molar-refractivity contribution >= 4 is 19.8 Å². The lowest BCUT2D eigenvalue weighted by Crippen LogP contribution is -2.64. The van der Waals surface area contributed by atoms with Crippen LogP contribution >= 0.6 is 7.82 Å². The van der Waals surface area contributed by atoms with Gasteiger partial charge in [0.15, 0.2) is 6.10 Å². The van der Waals surface area contributed by atoms with E-state index in [2.05, 4.69) is 56.4 Å². The van der Waals surface area contributed by atoms with Crippen LogP contribution in [0.4, 0.5) is 0 Å². The summed E-state index contributed by atoms with van der Waals surface area (Å²) in [4.78, 5) is 35.6. The number of phosphoric acid groups is 1. The van der Waals surface area contributed by atoms with Gasteiger partial charge in [-0.15, -0.1) is 0 Å². The molecule has 4 unspecified atom stereocenters. The van der Waals surface area contributed by atoms with Crippen molar-refractivity contribution in [2.24, 2.45) is 0 Å². The van der Waals surface area contributed by atoms with Gasteiger partial charge in [0.25, 0.3) is 0 Å².